The van der Waals surface area contributed by atoms with E-state index in [9.17, 15) is 14.9 Å². The molecule has 1 aromatic heterocycles. The fourth-order valence-electron chi connectivity index (χ4n) is 4.70. The molecule has 1 aliphatic rings. The summed E-state index contributed by atoms with van der Waals surface area (Å²) in [6, 6.07) is 23.6. The van der Waals surface area contributed by atoms with E-state index in [0.29, 0.717) is 37.7 Å². The predicted octanol–water partition coefficient (Wildman–Crippen LogP) is 4.26. The lowest BCUT2D eigenvalue weighted by atomic mass is 9.96. The van der Waals surface area contributed by atoms with Gasteiger partial charge in [-0.3, -0.25) is 9.36 Å². The van der Waals surface area contributed by atoms with Crippen molar-refractivity contribution in [2.45, 2.75) is 26.5 Å². The highest BCUT2D eigenvalue weighted by Gasteiger charge is 2.33. The summed E-state index contributed by atoms with van der Waals surface area (Å²) in [7, 11) is 1.54. The van der Waals surface area contributed by atoms with Gasteiger partial charge in [-0.15, -0.1) is 0 Å². The summed E-state index contributed by atoms with van der Waals surface area (Å²) in [5.41, 5.74) is 3.45. The molecule has 41 heavy (non-hydrogen) atoms. The summed E-state index contributed by atoms with van der Waals surface area (Å²) >= 11 is 1.25. The van der Waals surface area contributed by atoms with Crippen LogP contribution in [0.4, 0.5) is 0 Å². The molecule has 8 nitrogen and oxygen atoms in total. The maximum atomic E-state index is 13.8. The zero-order valence-corrected chi connectivity index (χ0v) is 23.6. The van der Waals surface area contributed by atoms with Crippen molar-refractivity contribution in [1.29, 1.82) is 5.26 Å². The molecule has 0 bridgehead atoms. The molecule has 1 aliphatic heterocycles. The van der Waals surface area contributed by atoms with Gasteiger partial charge in [0, 0.05) is 5.56 Å². The Labute approximate surface area is 240 Å². The Morgan fingerprint density at radius 2 is 1.85 bits per heavy atom. The zero-order valence-electron chi connectivity index (χ0n) is 22.8. The van der Waals surface area contributed by atoms with Crippen LogP contribution >= 0.6 is 11.3 Å². The molecule has 4 aromatic rings. The smallest absolute Gasteiger partial charge is 0.338 e. The van der Waals surface area contributed by atoms with Gasteiger partial charge in [0.2, 0.25) is 0 Å². The van der Waals surface area contributed by atoms with Gasteiger partial charge in [-0.1, -0.05) is 65.9 Å². The lowest BCUT2D eigenvalue weighted by molar-refractivity contribution is -0.139. The number of aromatic nitrogens is 1. The first-order valence-corrected chi connectivity index (χ1v) is 13.8. The molecule has 0 spiro atoms. The van der Waals surface area contributed by atoms with Crippen LogP contribution in [0.25, 0.3) is 6.08 Å². The van der Waals surface area contributed by atoms with E-state index in [-0.39, 0.29) is 18.8 Å². The molecule has 0 amide bonds. The molecule has 0 N–H and O–H groups in total. The number of esters is 1. The van der Waals surface area contributed by atoms with Crippen LogP contribution in [0.3, 0.4) is 0 Å². The van der Waals surface area contributed by atoms with Gasteiger partial charge in [-0.2, -0.15) is 5.26 Å². The van der Waals surface area contributed by atoms with Crippen molar-refractivity contribution in [1.82, 2.24) is 4.57 Å². The van der Waals surface area contributed by atoms with Crippen LogP contribution in [0.2, 0.25) is 0 Å². The van der Waals surface area contributed by atoms with Crippen molar-refractivity contribution >= 4 is 23.4 Å². The number of hydrogen-bond donors (Lipinski definition) is 0. The van der Waals surface area contributed by atoms with E-state index in [1.807, 2.05) is 54.6 Å². The Kier molecular flexibility index (Phi) is 8.13. The highest BCUT2D eigenvalue weighted by atomic mass is 32.1. The molecule has 0 aliphatic carbocycles. The average Bonchev–Trinajstić information content (AvgIpc) is 3.29. The van der Waals surface area contributed by atoms with Crippen LogP contribution in [0.1, 0.15) is 42.1 Å². The molecule has 9 heteroatoms. The summed E-state index contributed by atoms with van der Waals surface area (Å²) in [6.45, 7) is 3.93. The largest absolute Gasteiger partial charge is 0.493 e. The number of hydrogen-bond acceptors (Lipinski definition) is 8. The SMILES string of the molecule is CCOC(=O)C1=C(C)N=c2s/c(=C/c3ccc(OCc4ccccc4C#N)c(OC)c3)c(=O)n2[C@H]1c1ccccc1. The molecule has 0 radical (unpaired) electrons. The highest BCUT2D eigenvalue weighted by molar-refractivity contribution is 7.07. The van der Waals surface area contributed by atoms with Crippen molar-refractivity contribution in [2.24, 2.45) is 4.99 Å². The molecule has 0 saturated heterocycles. The number of allylic oxidation sites excluding steroid dienone is 1. The molecule has 1 atom stereocenters. The van der Waals surface area contributed by atoms with Gasteiger partial charge in [0.1, 0.15) is 6.61 Å². The monoisotopic (exact) mass is 565 g/mol. The first-order valence-electron chi connectivity index (χ1n) is 13.0. The van der Waals surface area contributed by atoms with Gasteiger partial charge in [0.05, 0.1) is 47.2 Å². The van der Waals surface area contributed by atoms with E-state index in [1.54, 1.807) is 49.8 Å². The zero-order chi connectivity index (χ0) is 28.9. The number of thiazole rings is 1. The topological polar surface area (TPSA) is 103 Å². The maximum Gasteiger partial charge on any atom is 0.338 e. The summed E-state index contributed by atoms with van der Waals surface area (Å²) < 4.78 is 18.9. The summed E-state index contributed by atoms with van der Waals surface area (Å²) in [5, 5.41) is 9.34. The number of fused-ring (bicyclic) bond motifs is 1. The Morgan fingerprint density at radius 3 is 2.59 bits per heavy atom. The van der Waals surface area contributed by atoms with Crippen molar-refractivity contribution < 1.29 is 19.0 Å². The van der Waals surface area contributed by atoms with Gasteiger partial charge in [0.25, 0.3) is 5.56 Å². The molecule has 0 fully saturated rings. The van der Waals surface area contributed by atoms with E-state index in [2.05, 4.69) is 11.1 Å². The third-order valence-electron chi connectivity index (χ3n) is 6.64. The lowest BCUT2D eigenvalue weighted by Crippen LogP contribution is -2.39. The van der Waals surface area contributed by atoms with Crippen LogP contribution < -0.4 is 24.4 Å². The number of nitriles is 1. The van der Waals surface area contributed by atoms with E-state index in [0.717, 1.165) is 16.7 Å². The second-order valence-electron chi connectivity index (χ2n) is 9.18. The molecule has 2 heterocycles. The summed E-state index contributed by atoms with van der Waals surface area (Å²) in [5.74, 6) is 0.510. The molecule has 0 unspecified atom stereocenters. The fourth-order valence-corrected chi connectivity index (χ4v) is 5.74. The van der Waals surface area contributed by atoms with Crippen LogP contribution in [0, 0.1) is 11.3 Å². The number of benzene rings is 3. The number of nitrogens with zero attached hydrogens (tertiary/aromatic N) is 3. The number of ether oxygens (including phenoxy) is 3. The van der Waals surface area contributed by atoms with Crippen molar-refractivity contribution in [3.63, 3.8) is 0 Å². The van der Waals surface area contributed by atoms with Crippen molar-refractivity contribution in [3.8, 4) is 17.6 Å². The van der Waals surface area contributed by atoms with Crippen molar-refractivity contribution in [2.75, 3.05) is 13.7 Å². The minimum Gasteiger partial charge on any atom is -0.493 e. The number of rotatable bonds is 8. The standard InChI is InChI=1S/C32H27N3O5S/c1-4-39-31(37)28-20(2)34-32-35(29(28)22-10-6-5-7-11-22)30(36)27(41-32)17-21-14-15-25(26(16-21)38-3)40-19-24-13-9-8-12-23(24)18-33/h5-17,29H,4,19H2,1-3H3/b27-17+/t29-/m0/s1. The Bertz CT molecular complexity index is 1870. The third-order valence-corrected chi connectivity index (χ3v) is 7.62. The van der Waals surface area contributed by atoms with Crippen LogP contribution in [-0.2, 0) is 16.1 Å². The number of carbonyl (C=O) groups is 1. The Balaban J connectivity index is 1.53. The van der Waals surface area contributed by atoms with Gasteiger partial charge in [-0.05, 0) is 49.2 Å². The second-order valence-corrected chi connectivity index (χ2v) is 10.2. The molecule has 5 rings (SSSR count). The van der Waals surface area contributed by atoms with Gasteiger partial charge in [0.15, 0.2) is 16.3 Å². The van der Waals surface area contributed by atoms with Crippen LogP contribution in [0.15, 0.2) is 93.9 Å². The van der Waals surface area contributed by atoms with Gasteiger partial charge in [-0.25, -0.2) is 9.79 Å². The normalized spacial score (nSPS) is 14.6. The highest BCUT2D eigenvalue weighted by Crippen LogP contribution is 2.31. The lowest BCUT2D eigenvalue weighted by Gasteiger charge is -2.24. The molecule has 206 valence electrons. The summed E-state index contributed by atoms with van der Waals surface area (Å²) in [4.78, 5) is 31.9. The molecular formula is C32H27N3O5S. The van der Waals surface area contributed by atoms with Crippen LogP contribution in [-0.4, -0.2) is 24.3 Å². The Hall–Kier alpha value is -4.94. The molecular weight excluding hydrogens is 538 g/mol. The molecule has 0 saturated carbocycles. The molecule has 3 aromatic carbocycles. The van der Waals surface area contributed by atoms with Gasteiger partial charge < -0.3 is 14.2 Å². The van der Waals surface area contributed by atoms with E-state index >= 15 is 0 Å². The summed E-state index contributed by atoms with van der Waals surface area (Å²) in [6.07, 6.45) is 1.77. The van der Waals surface area contributed by atoms with Gasteiger partial charge >= 0.3 is 5.97 Å². The van der Waals surface area contributed by atoms with E-state index in [1.165, 1.54) is 11.3 Å². The fraction of sp³-hybridized carbons (Fsp3) is 0.188. The Morgan fingerprint density at radius 1 is 1.10 bits per heavy atom. The van der Waals surface area contributed by atoms with Crippen molar-refractivity contribution in [3.05, 3.63) is 126 Å². The van der Waals surface area contributed by atoms with E-state index in [4.69, 9.17) is 14.2 Å². The first-order chi connectivity index (χ1) is 19.9. The minimum atomic E-state index is -0.657. The average molecular weight is 566 g/mol. The quantitative estimate of drug-likeness (QED) is 0.296. The minimum absolute atomic E-state index is 0.208. The van der Waals surface area contributed by atoms with Crippen LogP contribution in [0.5, 0.6) is 11.5 Å². The predicted molar refractivity (Wildman–Crippen MR) is 155 cm³/mol. The number of carbonyl (C=O) groups excluding carboxylic acids is 1. The second kappa shape index (κ2) is 12.1. The number of methoxy groups -OCH3 is 1. The maximum absolute atomic E-state index is 13.8. The first kappa shape index (κ1) is 27.6. The van der Waals surface area contributed by atoms with E-state index < -0.39 is 12.0 Å². The third kappa shape index (κ3) is 5.55.